The number of aliphatic hydroxyl groups excluding tert-OH is 1. The molecule has 2 nitrogen and oxygen atoms in total. The van der Waals surface area contributed by atoms with Crippen molar-refractivity contribution >= 4 is 15.9 Å². The summed E-state index contributed by atoms with van der Waals surface area (Å²) in [5, 5.41) is 10.6. The summed E-state index contributed by atoms with van der Waals surface area (Å²) in [5.41, 5.74) is 1.03. The van der Waals surface area contributed by atoms with Gasteiger partial charge < -0.3 is 9.84 Å². The lowest BCUT2D eigenvalue weighted by molar-refractivity contribution is 0.142. The highest BCUT2D eigenvalue weighted by Gasteiger charge is 2.54. The van der Waals surface area contributed by atoms with Gasteiger partial charge in [-0.25, -0.2) is 0 Å². The molecule has 1 aromatic rings. The summed E-state index contributed by atoms with van der Waals surface area (Å²) in [4.78, 5) is 0. The zero-order valence-corrected chi connectivity index (χ0v) is 13.6. The van der Waals surface area contributed by atoms with Gasteiger partial charge in [0.05, 0.1) is 17.2 Å². The smallest absolute Gasteiger partial charge is 0.133 e. The summed E-state index contributed by atoms with van der Waals surface area (Å²) in [6, 6.07) is 6.02. The molecule has 1 aromatic carbocycles. The monoisotopic (exact) mass is 338 g/mol. The molecular weight excluding hydrogens is 316 g/mol. The molecule has 0 spiro atoms. The van der Waals surface area contributed by atoms with Gasteiger partial charge in [-0.3, -0.25) is 0 Å². The van der Waals surface area contributed by atoms with Gasteiger partial charge in [-0.2, -0.15) is 0 Å². The first-order valence-corrected chi connectivity index (χ1v) is 8.62. The Morgan fingerprint density at radius 2 is 2.00 bits per heavy atom. The predicted molar refractivity (Wildman–Crippen MR) is 83.8 cm³/mol. The van der Waals surface area contributed by atoms with Gasteiger partial charge in [0.1, 0.15) is 5.75 Å². The third-order valence-corrected chi connectivity index (χ3v) is 5.47. The number of ether oxygens (including phenoxy) is 1. The van der Waals surface area contributed by atoms with Crippen LogP contribution in [0.2, 0.25) is 0 Å². The molecule has 0 saturated heterocycles. The molecule has 20 heavy (non-hydrogen) atoms. The zero-order valence-electron chi connectivity index (χ0n) is 12.0. The third-order valence-electron chi connectivity index (χ3n) is 4.85. The first-order valence-electron chi connectivity index (χ1n) is 7.82. The average Bonchev–Trinajstić information content (AvgIpc) is 3.19. The van der Waals surface area contributed by atoms with Crippen molar-refractivity contribution < 1.29 is 9.84 Å². The van der Waals surface area contributed by atoms with Crippen LogP contribution in [-0.2, 0) is 0 Å². The Kier molecular flexibility index (Phi) is 4.37. The van der Waals surface area contributed by atoms with Gasteiger partial charge in [-0.15, -0.1) is 0 Å². The van der Waals surface area contributed by atoms with Gasteiger partial charge in [0.15, 0.2) is 0 Å². The Hall–Kier alpha value is -0.540. The Balaban J connectivity index is 1.69. The van der Waals surface area contributed by atoms with Crippen molar-refractivity contribution in [2.75, 3.05) is 6.61 Å². The molecule has 3 rings (SSSR count). The molecule has 2 aliphatic carbocycles. The minimum absolute atomic E-state index is 0.306. The summed E-state index contributed by atoms with van der Waals surface area (Å²) >= 11 is 3.56. The number of hydrogen-bond acceptors (Lipinski definition) is 2. The number of halogens is 1. The van der Waals surface area contributed by atoms with Crippen molar-refractivity contribution in [3.8, 4) is 5.75 Å². The molecule has 3 atom stereocenters. The fraction of sp³-hybridized carbons (Fsp3) is 0.647. The van der Waals surface area contributed by atoms with Crippen LogP contribution in [-0.4, -0.2) is 11.7 Å². The average molecular weight is 339 g/mol. The Labute approximate surface area is 129 Å². The van der Waals surface area contributed by atoms with Crippen LogP contribution in [0.3, 0.4) is 0 Å². The number of hydrogen-bond donors (Lipinski definition) is 1. The number of aliphatic hydroxyl groups is 1. The molecule has 0 heterocycles. The number of fused-ring (bicyclic) bond motifs is 1. The van der Waals surface area contributed by atoms with Crippen LogP contribution in [0.15, 0.2) is 22.7 Å². The van der Waals surface area contributed by atoms with E-state index in [-0.39, 0.29) is 6.10 Å². The highest BCUT2D eigenvalue weighted by Crippen LogP contribution is 2.60. The third kappa shape index (κ3) is 2.75. The fourth-order valence-corrected chi connectivity index (χ4v) is 4.28. The van der Waals surface area contributed by atoms with Crippen molar-refractivity contribution in [1.29, 1.82) is 0 Å². The zero-order chi connectivity index (χ0) is 14.1. The Bertz CT molecular complexity index is 462. The van der Waals surface area contributed by atoms with Crippen molar-refractivity contribution in [2.45, 2.75) is 45.1 Å². The highest BCUT2D eigenvalue weighted by molar-refractivity contribution is 9.10. The van der Waals surface area contributed by atoms with Crippen LogP contribution >= 0.6 is 15.9 Å². The van der Waals surface area contributed by atoms with E-state index < -0.39 is 0 Å². The Morgan fingerprint density at radius 3 is 2.60 bits per heavy atom. The van der Waals surface area contributed by atoms with Crippen molar-refractivity contribution in [3.63, 3.8) is 0 Å². The van der Waals surface area contributed by atoms with Gasteiger partial charge >= 0.3 is 0 Å². The van der Waals surface area contributed by atoms with Gasteiger partial charge in [0.2, 0.25) is 0 Å². The van der Waals surface area contributed by atoms with Crippen molar-refractivity contribution in [1.82, 2.24) is 0 Å². The molecule has 2 saturated carbocycles. The standard InChI is InChI=1S/C17H23BrO2/c1-2-9-20-15-8-7-11(10-14(15)18)17(19)16-12-5-3-4-6-13(12)16/h7-8,10,12-13,16-17,19H,2-6,9H2,1H3. The van der Waals surface area contributed by atoms with E-state index in [2.05, 4.69) is 22.9 Å². The van der Waals surface area contributed by atoms with E-state index in [1.165, 1.54) is 25.7 Å². The minimum atomic E-state index is -0.306. The maximum absolute atomic E-state index is 10.6. The molecule has 0 aliphatic heterocycles. The van der Waals surface area contributed by atoms with E-state index in [4.69, 9.17) is 4.74 Å². The first kappa shape index (κ1) is 14.4. The highest BCUT2D eigenvalue weighted by atomic mass is 79.9. The van der Waals surface area contributed by atoms with Crippen molar-refractivity contribution in [3.05, 3.63) is 28.2 Å². The quantitative estimate of drug-likeness (QED) is 0.842. The van der Waals surface area contributed by atoms with Crippen molar-refractivity contribution in [2.24, 2.45) is 17.8 Å². The molecule has 0 bridgehead atoms. The normalized spacial score (nSPS) is 29.6. The van der Waals surface area contributed by atoms with Crippen LogP contribution in [0.25, 0.3) is 0 Å². The van der Waals surface area contributed by atoms with Gasteiger partial charge in [0.25, 0.3) is 0 Å². The summed E-state index contributed by atoms with van der Waals surface area (Å²) in [7, 11) is 0. The van der Waals surface area contributed by atoms with Crippen LogP contribution in [0, 0.1) is 17.8 Å². The number of benzene rings is 1. The first-order chi connectivity index (χ1) is 9.72. The molecule has 3 unspecified atom stereocenters. The molecule has 110 valence electrons. The second kappa shape index (κ2) is 6.07. The maximum atomic E-state index is 10.6. The molecule has 0 amide bonds. The van der Waals surface area contributed by atoms with Crippen LogP contribution in [0.1, 0.15) is 50.7 Å². The summed E-state index contributed by atoms with van der Waals surface area (Å²) in [6.45, 7) is 2.83. The van der Waals surface area contributed by atoms with E-state index in [1.54, 1.807) is 0 Å². The van der Waals surface area contributed by atoms with Gasteiger partial charge in [0, 0.05) is 0 Å². The lowest BCUT2D eigenvalue weighted by Crippen LogP contribution is -2.03. The van der Waals surface area contributed by atoms with Crippen LogP contribution in [0.4, 0.5) is 0 Å². The maximum Gasteiger partial charge on any atom is 0.133 e. The largest absolute Gasteiger partial charge is 0.492 e. The second-order valence-electron chi connectivity index (χ2n) is 6.17. The van der Waals surface area contributed by atoms with E-state index in [0.717, 1.165) is 40.6 Å². The van der Waals surface area contributed by atoms with Crippen LogP contribution < -0.4 is 4.74 Å². The fourth-order valence-electron chi connectivity index (χ4n) is 3.77. The molecular formula is C17H23BrO2. The second-order valence-corrected chi connectivity index (χ2v) is 7.03. The van der Waals surface area contributed by atoms with E-state index >= 15 is 0 Å². The van der Waals surface area contributed by atoms with Crippen LogP contribution in [0.5, 0.6) is 5.75 Å². The summed E-state index contributed by atoms with van der Waals surface area (Å²) in [6.07, 6.45) is 6.01. The van der Waals surface area contributed by atoms with Gasteiger partial charge in [-0.1, -0.05) is 25.8 Å². The molecule has 2 aliphatic rings. The molecule has 2 fully saturated rings. The predicted octanol–water partition coefficient (Wildman–Crippen LogP) is 4.71. The lowest BCUT2D eigenvalue weighted by Gasteiger charge is -2.14. The lowest BCUT2D eigenvalue weighted by atomic mass is 10.0. The summed E-state index contributed by atoms with van der Waals surface area (Å²) in [5.74, 6) is 2.91. The topological polar surface area (TPSA) is 29.5 Å². The van der Waals surface area contributed by atoms with E-state index in [9.17, 15) is 5.11 Å². The van der Waals surface area contributed by atoms with E-state index in [1.807, 2.05) is 18.2 Å². The SMILES string of the molecule is CCCOc1ccc(C(O)C2C3CCCCC32)cc1Br. The summed E-state index contributed by atoms with van der Waals surface area (Å²) < 4.78 is 6.61. The molecule has 3 heteroatoms. The van der Waals surface area contributed by atoms with Gasteiger partial charge in [-0.05, 0) is 70.6 Å². The minimum Gasteiger partial charge on any atom is -0.492 e. The molecule has 0 radical (unpaired) electrons. The van der Waals surface area contributed by atoms with E-state index in [0.29, 0.717) is 5.92 Å². The molecule has 0 aromatic heterocycles. The Morgan fingerprint density at radius 1 is 1.30 bits per heavy atom. The number of rotatable bonds is 5. The molecule has 1 N–H and O–H groups in total.